The molecule has 0 aromatic heterocycles. The molecule has 0 fully saturated rings. The average molecular weight is 267 g/mol. The predicted molar refractivity (Wildman–Crippen MR) is 81.9 cm³/mol. The van der Waals surface area contributed by atoms with Crippen molar-refractivity contribution in [1.29, 1.82) is 0 Å². The topological polar surface area (TPSA) is 30.8 Å². The average Bonchev–Trinajstić information content (AvgIpc) is 2.53. The van der Waals surface area contributed by atoms with Gasteiger partial charge in [0.1, 0.15) is 12.4 Å². The first-order valence-electron chi connectivity index (χ1n) is 6.32. The second-order valence-corrected chi connectivity index (χ2v) is 4.23. The van der Waals surface area contributed by atoms with E-state index in [1.54, 1.807) is 13.3 Å². The van der Waals surface area contributed by atoms with Crippen LogP contribution in [-0.4, -0.2) is 13.3 Å². The van der Waals surface area contributed by atoms with E-state index < -0.39 is 0 Å². The molecule has 0 atom stereocenters. The van der Waals surface area contributed by atoms with Crippen LogP contribution in [0.5, 0.6) is 5.75 Å². The van der Waals surface area contributed by atoms with Crippen LogP contribution < -0.4 is 4.74 Å². The van der Waals surface area contributed by atoms with E-state index in [0.29, 0.717) is 6.61 Å². The standard InChI is InChI=1S/C17H17NO2/c1-3-14-4-6-16(7-5-14)13-20-18-12-15-8-10-17(19-2)11-9-15/h3-12H,1,13H2,2H3. The Balaban J connectivity index is 1.84. The van der Waals surface area contributed by atoms with Crippen LogP contribution in [0.1, 0.15) is 16.7 Å². The van der Waals surface area contributed by atoms with E-state index in [0.717, 1.165) is 22.4 Å². The monoisotopic (exact) mass is 267 g/mol. The lowest BCUT2D eigenvalue weighted by Crippen LogP contribution is -1.89. The molecule has 0 aliphatic carbocycles. The number of methoxy groups -OCH3 is 1. The van der Waals surface area contributed by atoms with Gasteiger partial charge in [-0.15, -0.1) is 0 Å². The lowest BCUT2D eigenvalue weighted by Gasteiger charge is -2.01. The fourth-order valence-electron chi connectivity index (χ4n) is 1.65. The summed E-state index contributed by atoms with van der Waals surface area (Å²) in [5.41, 5.74) is 3.13. The number of rotatable bonds is 6. The highest BCUT2D eigenvalue weighted by Crippen LogP contribution is 2.10. The summed E-state index contributed by atoms with van der Waals surface area (Å²) in [6.07, 6.45) is 3.49. The Morgan fingerprint density at radius 1 is 1.00 bits per heavy atom. The molecular formula is C17H17NO2. The third kappa shape index (κ3) is 3.99. The zero-order chi connectivity index (χ0) is 14.2. The van der Waals surface area contributed by atoms with Crippen LogP contribution in [-0.2, 0) is 11.4 Å². The molecule has 2 rings (SSSR count). The van der Waals surface area contributed by atoms with E-state index in [1.807, 2.05) is 54.6 Å². The third-order valence-corrected chi connectivity index (χ3v) is 2.84. The molecule has 102 valence electrons. The van der Waals surface area contributed by atoms with Crippen LogP contribution in [0.15, 0.2) is 60.3 Å². The summed E-state index contributed by atoms with van der Waals surface area (Å²) < 4.78 is 5.09. The zero-order valence-electron chi connectivity index (χ0n) is 11.5. The highest BCUT2D eigenvalue weighted by atomic mass is 16.6. The van der Waals surface area contributed by atoms with Crippen molar-refractivity contribution in [2.24, 2.45) is 5.16 Å². The number of ether oxygens (including phenoxy) is 1. The number of nitrogens with zero attached hydrogens (tertiary/aromatic N) is 1. The molecule has 0 N–H and O–H groups in total. The van der Waals surface area contributed by atoms with Crippen LogP contribution in [0.4, 0.5) is 0 Å². The van der Waals surface area contributed by atoms with Gasteiger partial charge in [-0.05, 0) is 41.0 Å². The van der Waals surface area contributed by atoms with Gasteiger partial charge in [0, 0.05) is 0 Å². The summed E-state index contributed by atoms with van der Waals surface area (Å²) >= 11 is 0. The summed E-state index contributed by atoms with van der Waals surface area (Å²) in [5.74, 6) is 0.824. The van der Waals surface area contributed by atoms with Crippen LogP contribution in [0, 0.1) is 0 Å². The molecule has 0 saturated carbocycles. The quantitative estimate of drug-likeness (QED) is 0.587. The van der Waals surface area contributed by atoms with Gasteiger partial charge in [-0.2, -0.15) is 0 Å². The van der Waals surface area contributed by atoms with E-state index in [-0.39, 0.29) is 0 Å². The SMILES string of the molecule is C=Cc1ccc(CON=Cc2ccc(OC)cc2)cc1. The van der Waals surface area contributed by atoms with Gasteiger partial charge in [0.25, 0.3) is 0 Å². The molecule has 2 aromatic carbocycles. The molecule has 3 heteroatoms. The fraction of sp³-hybridized carbons (Fsp3) is 0.118. The molecule has 0 unspecified atom stereocenters. The van der Waals surface area contributed by atoms with Crippen molar-refractivity contribution in [2.75, 3.05) is 7.11 Å². The number of oxime groups is 1. The molecule has 3 nitrogen and oxygen atoms in total. The Morgan fingerprint density at radius 2 is 1.65 bits per heavy atom. The van der Waals surface area contributed by atoms with Gasteiger partial charge in [-0.3, -0.25) is 0 Å². The van der Waals surface area contributed by atoms with Crippen LogP contribution in [0.3, 0.4) is 0 Å². The highest BCUT2D eigenvalue weighted by Gasteiger charge is 1.93. The number of benzene rings is 2. The Bertz CT molecular complexity index is 571. The molecule has 0 radical (unpaired) electrons. The minimum atomic E-state index is 0.448. The number of hydrogen-bond donors (Lipinski definition) is 0. The van der Waals surface area contributed by atoms with Gasteiger partial charge in [0.2, 0.25) is 0 Å². The first-order valence-corrected chi connectivity index (χ1v) is 6.32. The smallest absolute Gasteiger partial charge is 0.142 e. The van der Waals surface area contributed by atoms with E-state index in [1.165, 1.54) is 0 Å². The van der Waals surface area contributed by atoms with Crippen molar-refractivity contribution in [1.82, 2.24) is 0 Å². The summed E-state index contributed by atoms with van der Waals surface area (Å²) in [6, 6.07) is 15.6. The second-order valence-electron chi connectivity index (χ2n) is 4.23. The maximum Gasteiger partial charge on any atom is 0.142 e. The fourth-order valence-corrected chi connectivity index (χ4v) is 1.65. The largest absolute Gasteiger partial charge is 0.497 e. The zero-order valence-corrected chi connectivity index (χ0v) is 11.5. The van der Waals surface area contributed by atoms with Gasteiger partial charge in [0.15, 0.2) is 0 Å². The molecule has 0 aliphatic rings. The van der Waals surface area contributed by atoms with Crippen LogP contribution in [0.25, 0.3) is 6.08 Å². The van der Waals surface area contributed by atoms with Gasteiger partial charge < -0.3 is 9.57 Å². The Hall–Kier alpha value is -2.55. The molecule has 0 bridgehead atoms. The predicted octanol–water partition coefficient (Wildman–Crippen LogP) is 3.89. The van der Waals surface area contributed by atoms with Crippen molar-refractivity contribution in [2.45, 2.75) is 6.61 Å². The van der Waals surface area contributed by atoms with Crippen LogP contribution in [0.2, 0.25) is 0 Å². The minimum absolute atomic E-state index is 0.448. The molecule has 2 aromatic rings. The van der Waals surface area contributed by atoms with Gasteiger partial charge in [0.05, 0.1) is 13.3 Å². The summed E-state index contributed by atoms with van der Waals surface area (Å²) in [5, 5.41) is 3.95. The highest BCUT2D eigenvalue weighted by molar-refractivity contribution is 5.79. The molecule has 0 aliphatic heterocycles. The molecule has 20 heavy (non-hydrogen) atoms. The van der Waals surface area contributed by atoms with Crippen molar-refractivity contribution in [3.05, 3.63) is 71.8 Å². The lowest BCUT2D eigenvalue weighted by atomic mass is 10.1. The van der Waals surface area contributed by atoms with Crippen LogP contribution >= 0.6 is 0 Å². The van der Waals surface area contributed by atoms with Crippen molar-refractivity contribution in [3.63, 3.8) is 0 Å². The van der Waals surface area contributed by atoms with Crippen molar-refractivity contribution >= 4 is 12.3 Å². The van der Waals surface area contributed by atoms with E-state index in [9.17, 15) is 0 Å². The molecule has 0 heterocycles. The lowest BCUT2D eigenvalue weighted by molar-refractivity contribution is 0.132. The van der Waals surface area contributed by atoms with E-state index in [2.05, 4.69) is 11.7 Å². The molecule has 0 amide bonds. The molecule has 0 spiro atoms. The van der Waals surface area contributed by atoms with Crippen molar-refractivity contribution < 1.29 is 9.57 Å². The van der Waals surface area contributed by atoms with Gasteiger partial charge >= 0.3 is 0 Å². The first kappa shape index (κ1) is 13.9. The summed E-state index contributed by atoms with van der Waals surface area (Å²) in [6.45, 7) is 4.17. The van der Waals surface area contributed by atoms with Gasteiger partial charge in [-0.25, -0.2) is 0 Å². The van der Waals surface area contributed by atoms with E-state index in [4.69, 9.17) is 9.57 Å². The Morgan fingerprint density at radius 3 is 2.25 bits per heavy atom. The second kappa shape index (κ2) is 7.14. The minimum Gasteiger partial charge on any atom is -0.497 e. The van der Waals surface area contributed by atoms with Crippen molar-refractivity contribution in [3.8, 4) is 5.75 Å². The third-order valence-electron chi connectivity index (χ3n) is 2.84. The molecular weight excluding hydrogens is 250 g/mol. The normalized spacial score (nSPS) is 10.4. The Kier molecular flexibility index (Phi) is 4.95. The maximum atomic E-state index is 5.27. The molecule has 0 saturated heterocycles. The summed E-state index contributed by atoms with van der Waals surface area (Å²) in [7, 11) is 1.64. The van der Waals surface area contributed by atoms with E-state index >= 15 is 0 Å². The van der Waals surface area contributed by atoms with Gasteiger partial charge in [-0.1, -0.05) is 42.1 Å². The number of hydrogen-bond acceptors (Lipinski definition) is 3. The summed E-state index contributed by atoms with van der Waals surface area (Å²) in [4.78, 5) is 5.27. The maximum absolute atomic E-state index is 5.27. The first-order chi connectivity index (χ1) is 9.81. The Labute approximate surface area is 119 Å².